The Kier molecular flexibility index (Phi) is 4.58. The molecule has 20 heavy (non-hydrogen) atoms. The van der Waals surface area contributed by atoms with E-state index in [1.165, 1.54) is 21.5 Å². The van der Waals surface area contributed by atoms with Gasteiger partial charge in [-0.2, -0.15) is 0 Å². The summed E-state index contributed by atoms with van der Waals surface area (Å²) in [6, 6.07) is 17.0. The summed E-state index contributed by atoms with van der Waals surface area (Å²) in [5, 5.41) is 2.59. The maximum atomic E-state index is 6.33. The average molecular weight is 282 g/mol. The Balaban J connectivity index is 2.72. The maximum Gasteiger partial charge on any atom is 0.280 e. The highest BCUT2D eigenvalue weighted by Gasteiger charge is 2.38. The van der Waals surface area contributed by atoms with Gasteiger partial charge >= 0.3 is 0 Å². The van der Waals surface area contributed by atoms with Crippen LogP contribution in [0.1, 0.15) is 18.1 Å². The number of benzene rings is 2. The summed E-state index contributed by atoms with van der Waals surface area (Å²) < 4.78 is 6.33. The minimum atomic E-state index is -2.35. The molecule has 0 aromatic heterocycles. The van der Waals surface area contributed by atoms with Gasteiger partial charge in [-0.05, 0) is 42.3 Å². The van der Waals surface area contributed by atoms with Crippen molar-refractivity contribution in [2.24, 2.45) is 0 Å². The van der Waals surface area contributed by atoms with Crippen LogP contribution in [0.3, 0.4) is 0 Å². The summed E-state index contributed by atoms with van der Waals surface area (Å²) in [6.45, 7) is 11.2. The van der Waals surface area contributed by atoms with Crippen molar-refractivity contribution in [2.45, 2.75) is 20.8 Å². The highest BCUT2D eigenvalue weighted by Crippen LogP contribution is 2.13. The van der Waals surface area contributed by atoms with Crippen molar-refractivity contribution in [3.63, 3.8) is 0 Å². The van der Waals surface area contributed by atoms with Gasteiger partial charge in [0, 0.05) is 6.61 Å². The summed E-state index contributed by atoms with van der Waals surface area (Å²) in [4.78, 5) is 0. The number of rotatable bonds is 5. The van der Waals surface area contributed by atoms with Crippen LogP contribution >= 0.6 is 0 Å². The monoisotopic (exact) mass is 282 g/mol. The molecule has 0 bridgehead atoms. The number of aryl methyl sites for hydroxylation is 2. The van der Waals surface area contributed by atoms with Crippen LogP contribution < -0.4 is 10.4 Å². The number of hydrogen-bond acceptors (Lipinski definition) is 1. The predicted molar refractivity (Wildman–Crippen MR) is 89.2 cm³/mol. The fourth-order valence-electron chi connectivity index (χ4n) is 2.79. The van der Waals surface area contributed by atoms with Crippen LogP contribution in [-0.2, 0) is 4.43 Å². The summed E-state index contributed by atoms with van der Waals surface area (Å²) in [5.74, 6) is 0. The van der Waals surface area contributed by atoms with Gasteiger partial charge in [-0.1, -0.05) is 54.2 Å². The van der Waals surface area contributed by atoms with Crippen LogP contribution in [0.15, 0.2) is 60.8 Å². The van der Waals surface area contributed by atoms with E-state index in [9.17, 15) is 0 Å². The Labute approximate surface area is 123 Å². The third-order valence-corrected chi connectivity index (χ3v) is 7.79. The topological polar surface area (TPSA) is 9.23 Å². The van der Waals surface area contributed by atoms with Crippen LogP contribution in [-0.4, -0.2) is 14.9 Å². The van der Waals surface area contributed by atoms with Crippen molar-refractivity contribution >= 4 is 18.7 Å². The highest BCUT2D eigenvalue weighted by atomic mass is 28.4. The van der Waals surface area contributed by atoms with Gasteiger partial charge in [0.05, 0.1) is 0 Å². The molecule has 0 atom stereocenters. The van der Waals surface area contributed by atoms with E-state index < -0.39 is 8.32 Å². The molecular formula is C18H22OSi. The molecule has 0 aliphatic rings. The van der Waals surface area contributed by atoms with Gasteiger partial charge in [0.15, 0.2) is 0 Å². The van der Waals surface area contributed by atoms with Gasteiger partial charge in [-0.3, -0.25) is 0 Å². The molecule has 0 saturated carbocycles. The summed E-state index contributed by atoms with van der Waals surface area (Å²) >= 11 is 0. The first-order valence-corrected chi connectivity index (χ1v) is 9.04. The zero-order valence-electron chi connectivity index (χ0n) is 12.5. The van der Waals surface area contributed by atoms with E-state index in [1.54, 1.807) is 0 Å². The van der Waals surface area contributed by atoms with Crippen molar-refractivity contribution in [2.75, 3.05) is 6.61 Å². The van der Waals surface area contributed by atoms with Crippen molar-refractivity contribution in [1.82, 2.24) is 0 Å². The fraction of sp³-hybridized carbons (Fsp3) is 0.222. The third kappa shape index (κ3) is 2.49. The Morgan fingerprint density at radius 3 is 1.75 bits per heavy atom. The zero-order valence-corrected chi connectivity index (χ0v) is 13.5. The molecule has 2 aromatic rings. The molecule has 0 saturated heterocycles. The summed E-state index contributed by atoms with van der Waals surface area (Å²) in [6.07, 6.45) is 0. The lowest BCUT2D eigenvalue weighted by Gasteiger charge is -2.31. The molecule has 2 aromatic carbocycles. The Morgan fingerprint density at radius 1 is 0.950 bits per heavy atom. The van der Waals surface area contributed by atoms with Crippen molar-refractivity contribution < 1.29 is 4.43 Å². The van der Waals surface area contributed by atoms with Gasteiger partial charge in [-0.15, -0.1) is 6.58 Å². The van der Waals surface area contributed by atoms with E-state index in [0.717, 1.165) is 0 Å². The van der Waals surface area contributed by atoms with E-state index in [-0.39, 0.29) is 0 Å². The van der Waals surface area contributed by atoms with Crippen molar-refractivity contribution in [1.29, 1.82) is 0 Å². The normalized spacial score (nSPS) is 11.3. The smallest absolute Gasteiger partial charge is 0.280 e. The largest absolute Gasteiger partial charge is 0.405 e. The van der Waals surface area contributed by atoms with E-state index in [4.69, 9.17) is 4.43 Å². The lowest BCUT2D eigenvalue weighted by molar-refractivity contribution is 0.346. The van der Waals surface area contributed by atoms with Crippen molar-refractivity contribution in [3.05, 3.63) is 71.9 Å². The highest BCUT2D eigenvalue weighted by molar-refractivity contribution is 7.01. The van der Waals surface area contributed by atoms with Gasteiger partial charge in [0.25, 0.3) is 8.32 Å². The second-order valence-electron chi connectivity index (χ2n) is 5.00. The minimum Gasteiger partial charge on any atom is -0.405 e. The summed E-state index contributed by atoms with van der Waals surface area (Å²) in [5.41, 5.74) is 4.60. The molecule has 0 heterocycles. The summed E-state index contributed by atoms with van der Waals surface area (Å²) in [7, 11) is -2.35. The molecule has 2 heteroatoms. The quantitative estimate of drug-likeness (QED) is 0.766. The maximum absolute atomic E-state index is 6.33. The second-order valence-corrected chi connectivity index (χ2v) is 8.25. The Bertz CT molecular complexity index is 558. The molecule has 0 amide bonds. The molecular weight excluding hydrogens is 260 g/mol. The first-order chi connectivity index (χ1) is 9.65. The molecule has 0 aliphatic carbocycles. The molecule has 104 valence electrons. The molecule has 0 fully saturated rings. The molecule has 0 aliphatic heterocycles. The lowest BCUT2D eigenvalue weighted by atomic mass is 10.2. The van der Waals surface area contributed by atoms with Crippen LogP contribution in [0.25, 0.3) is 0 Å². The first kappa shape index (κ1) is 14.8. The van der Waals surface area contributed by atoms with Crippen LogP contribution in [0, 0.1) is 13.8 Å². The molecule has 0 N–H and O–H groups in total. The second kappa shape index (κ2) is 6.20. The average Bonchev–Trinajstić information content (AvgIpc) is 2.46. The van der Waals surface area contributed by atoms with Gasteiger partial charge in [-0.25, -0.2) is 0 Å². The third-order valence-electron chi connectivity index (χ3n) is 3.75. The SMILES string of the molecule is C=C[Si](OCC)(c1ccccc1C)c1ccccc1C. The molecule has 0 radical (unpaired) electrons. The molecule has 0 spiro atoms. The fourth-order valence-corrected chi connectivity index (χ4v) is 6.43. The van der Waals surface area contributed by atoms with E-state index in [1.807, 2.05) is 0 Å². The predicted octanol–water partition coefficient (Wildman–Crippen LogP) is 3.12. The molecule has 0 unspecified atom stereocenters. The van der Waals surface area contributed by atoms with E-state index in [2.05, 4.69) is 81.6 Å². The number of hydrogen-bond donors (Lipinski definition) is 0. The standard InChI is InChI=1S/C18H22OSi/c1-5-19-20(6-2,17-13-9-7-11-15(17)3)18-14-10-8-12-16(18)4/h6-14H,2,5H2,1,3-4H3. The van der Waals surface area contributed by atoms with E-state index >= 15 is 0 Å². The van der Waals surface area contributed by atoms with Gasteiger partial charge < -0.3 is 4.43 Å². The minimum absolute atomic E-state index is 0.695. The Hall–Kier alpha value is -1.64. The lowest BCUT2D eigenvalue weighted by Crippen LogP contribution is -2.61. The van der Waals surface area contributed by atoms with Gasteiger partial charge in [0.2, 0.25) is 0 Å². The van der Waals surface area contributed by atoms with Gasteiger partial charge in [0.1, 0.15) is 0 Å². The van der Waals surface area contributed by atoms with Crippen molar-refractivity contribution in [3.8, 4) is 0 Å². The molecule has 1 nitrogen and oxygen atoms in total. The Morgan fingerprint density at radius 2 is 1.40 bits per heavy atom. The first-order valence-electron chi connectivity index (χ1n) is 7.05. The zero-order chi connectivity index (χ0) is 14.6. The van der Waals surface area contributed by atoms with Crippen LogP contribution in [0.4, 0.5) is 0 Å². The van der Waals surface area contributed by atoms with Crippen LogP contribution in [0.2, 0.25) is 0 Å². The molecule has 2 rings (SSSR count). The van der Waals surface area contributed by atoms with E-state index in [0.29, 0.717) is 6.61 Å². The van der Waals surface area contributed by atoms with Crippen LogP contribution in [0.5, 0.6) is 0 Å².